The monoisotopic (exact) mass is 397 g/mol. The molecule has 1 aliphatic heterocycles. The SMILES string of the molecule is CCCc1cc(=O)n2nc(N3CCC[C@@H]3C(=O)NCc3ccccc3)sc2n1. The molecule has 3 aromatic rings. The molecular formula is C20H23N5O2S. The van der Waals surface area contributed by atoms with Crippen LogP contribution >= 0.6 is 11.3 Å². The van der Waals surface area contributed by atoms with Crippen molar-refractivity contribution in [3.05, 3.63) is 58.0 Å². The highest BCUT2D eigenvalue weighted by molar-refractivity contribution is 7.20. The van der Waals surface area contributed by atoms with E-state index >= 15 is 0 Å². The first kappa shape index (κ1) is 18.6. The topological polar surface area (TPSA) is 79.6 Å². The molecule has 7 nitrogen and oxygen atoms in total. The second-order valence-corrected chi connectivity index (χ2v) is 7.90. The molecule has 1 aliphatic rings. The summed E-state index contributed by atoms with van der Waals surface area (Å²) in [4.78, 5) is 32.2. The number of amides is 1. The van der Waals surface area contributed by atoms with Gasteiger partial charge in [0.15, 0.2) is 0 Å². The lowest BCUT2D eigenvalue weighted by Crippen LogP contribution is -2.43. The second kappa shape index (κ2) is 8.10. The number of hydrogen-bond donors (Lipinski definition) is 1. The number of nitrogens with one attached hydrogen (secondary N) is 1. The Morgan fingerprint density at radius 3 is 2.93 bits per heavy atom. The van der Waals surface area contributed by atoms with Crippen LogP contribution in [0.1, 0.15) is 37.4 Å². The zero-order valence-electron chi connectivity index (χ0n) is 15.8. The molecule has 0 saturated carbocycles. The third kappa shape index (κ3) is 3.77. The lowest BCUT2D eigenvalue weighted by atomic mass is 10.2. The molecule has 0 aliphatic carbocycles. The molecule has 1 fully saturated rings. The third-order valence-electron chi connectivity index (χ3n) is 4.90. The Bertz CT molecular complexity index is 1030. The lowest BCUT2D eigenvalue weighted by Gasteiger charge is -2.22. The van der Waals surface area contributed by atoms with Crippen LogP contribution < -0.4 is 15.8 Å². The number of aromatic nitrogens is 3. The van der Waals surface area contributed by atoms with E-state index in [4.69, 9.17) is 0 Å². The van der Waals surface area contributed by atoms with E-state index < -0.39 is 0 Å². The minimum Gasteiger partial charge on any atom is -0.350 e. The molecule has 0 spiro atoms. The Morgan fingerprint density at radius 2 is 2.14 bits per heavy atom. The second-order valence-electron chi connectivity index (χ2n) is 6.97. The largest absolute Gasteiger partial charge is 0.350 e. The summed E-state index contributed by atoms with van der Waals surface area (Å²) in [5.41, 5.74) is 1.70. The predicted octanol–water partition coefficient (Wildman–Crippen LogP) is 2.39. The zero-order chi connectivity index (χ0) is 19.5. The summed E-state index contributed by atoms with van der Waals surface area (Å²) in [6, 6.07) is 11.1. The van der Waals surface area contributed by atoms with Gasteiger partial charge in [-0.25, -0.2) is 4.98 Å². The zero-order valence-corrected chi connectivity index (χ0v) is 16.6. The molecular weight excluding hydrogens is 374 g/mol. The van der Waals surface area contributed by atoms with Crippen LogP contribution in [-0.4, -0.2) is 33.1 Å². The van der Waals surface area contributed by atoms with E-state index in [0.29, 0.717) is 16.6 Å². The summed E-state index contributed by atoms with van der Waals surface area (Å²) in [6.45, 7) is 3.32. The fraction of sp³-hybridized carbons (Fsp3) is 0.400. The molecule has 1 atom stereocenters. The average Bonchev–Trinajstić information content (AvgIpc) is 3.34. The number of rotatable bonds is 6. The number of fused-ring (bicyclic) bond motifs is 1. The van der Waals surface area contributed by atoms with E-state index in [9.17, 15) is 9.59 Å². The van der Waals surface area contributed by atoms with E-state index in [1.165, 1.54) is 15.9 Å². The lowest BCUT2D eigenvalue weighted by molar-refractivity contribution is -0.122. The number of benzene rings is 1. The molecule has 28 heavy (non-hydrogen) atoms. The first-order valence-electron chi connectivity index (χ1n) is 9.64. The van der Waals surface area contributed by atoms with Gasteiger partial charge in [-0.05, 0) is 24.8 Å². The van der Waals surface area contributed by atoms with E-state index in [-0.39, 0.29) is 17.5 Å². The molecule has 4 rings (SSSR count). The molecule has 8 heteroatoms. The van der Waals surface area contributed by atoms with Crippen molar-refractivity contribution in [2.24, 2.45) is 0 Å². The minimum absolute atomic E-state index is 0.00686. The molecule has 1 aromatic carbocycles. The number of anilines is 1. The van der Waals surface area contributed by atoms with Crippen molar-refractivity contribution in [2.75, 3.05) is 11.4 Å². The van der Waals surface area contributed by atoms with Gasteiger partial charge >= 0.3 is 0 Å². The van der Waals surface area contributed by atoms with E-state index in [1.807, 2.05) is 35.2 Å². The standard InChI is InChI=1S/C20H23N5O2S/c1-2-7-15-12-17(26)25-19(22-15)28-20(23-25)24-11-6-10-16(24)18(27)21-13-14-8-4-3-5-9-14/h3-5,8-9,12,16H,2,6-7,10-11,13H2,1H3,(H,21,27)/t16-/m1/s1. The first-order valence-corrected chi connectivity index (χ1v) is 10.5. The summed E-state index contributed by atoms with van der Waals surface area (Å²) in [5, 5.41) is 8.15. The van der Waals surface area contributed by atoms with Gasteiger partial charge in [-0.2, -0.15) is 4.52 Å². The van der Waals surface area contributed by atoms with E-state index in [1.54, 1.807) is 6.07 Å². The van der Waals surface area contributed by atoms with Crippen molar-refractivity contribution < 1.29 is 4.79 Å². The first-order chi connectivity index (χ1) is 13.7. The molecule has 1 amide bonds. The van der Waals surface area contributed by atoms with Gasteiger partial charge in [-0.15, -0.1) is 5.10 Å². The Kier molecular flexibility index (Phi) is 5.38. The van der Waals surface area contributed by atoms with Gasteiger partial charge in [-0.3, -0.25) is 9.59 Å². The molecule has 1 N–H and O–H groups in total. The van der Waals surface area contributed by atoms with Gasteiger partial charge < -0.3 is 10.2 Å². The van der Waals surface area contributed by atoms with Crippen LogP contribution in [0, 0.1) is 0 Å². The Balaban J connectivity index is 1.53. The quantitative estimate of drug-likeness (QED) is 0.691. The normalized spacial score (nSPS) is 16.6. The fourth-order valence-electron chi connectivity index (χ4n) is 3.52. The number of carbonyl (C=O) groups excluding carboxylic acids is 1. The van der Waals surface area contributed by atoms with Crippen molar-refractivity contribution >= 4 is 27.3 Å². The van der Waals surface area contributed by atoms with Crippen LogP contribution in [0.3, 0.4) is 0 Å². The Morgan fingerprint density at radius 1 is 1.32 bits per heavy atom. The van der Waals surface area contributed by atoms with E-state index in [0.717, 1.165) is 43.5 Å². The van der Waals surface area contributed by atoms with Crippen LogP contribution in [0.2, 0.25) is 0 Å². The Labute approximate surface area is 167 Å². The number of hydrogen-bond acceptors (Lipinski definition) is 6. The Hall–Kier alpha value is -2.74. The van der Waals surface area contributed by atoms with Crippen molar-refractivity contribution in [1.82, 2.24) is 19.9 Å². The molecule has 1 saturated heterocycles. The molecule has 2 aromatic heterocycles. The van der Waals surface area contributed by atoms with Gasteiger partial charge in [0.05, 0.1) is 0 Å². The maximum atomic E-state index is 12.8. The predicted molar refractivity (Wildman–Crippen MR) is 110 cm³/mol. The van der Waals surface area contributed by atoms with Gasteiger partial charge in [0.1, 0.15) is 6.04 Å². The van der Waals surface area contributed by atoms with Crippen LogP contribution in [0.4, 0.5) is 5.13 Å². The van der Waals surface area contributed by atoms with Crippen LogP contribution in [-0.2, 0) is 17.8 Å². The number of nitrogens with zero attached hydrogens (tertiary/aromatic N) is 4. The van der Waals surface area contributed by atoms with Gasteiger partial charge in [0.2, 0.25) is 16.0 Å². The van der Waals surface area contributed by atoms with Crippen molar-refractivity contribution in [2.45, 2.75) is 45.2 Å². The summed E-state index contributed by atoms with van der Waals surface area (Å²) >= 11 is 1.37. The maximum absolute atomic E-state index is 12.8. The smallest absolute Gasteiger partial charge is 0.275 e. The van der Waals surface area contributed by atoms with Crippen molar-refractivity contribution in [1.29, 1.82) is 0 Å². The average molecular weight is 398 g/mol. The summed E-state index contributed by atoms with van der Waals surface area (Å²) in [6.07, 6.45) is 3.40. The summed E-state index contributed by atoms with van der Waals surface area (Å²) < 4.78 is 1.34. The van der Waals surface area contributed by atoms with Gasteiger partial charge in [0.25, 0.3) is 5.56 Å². The number of aryl methyl sites for hydroxylation is 1. The highest BCUT2D eigenvalue weighted by Crippen LogP contribution is 2.29. The van der Waals surface area contributed by atoms with E-state index in [2.05, 4.69) is 22.3 Å². The highest BCUT2D eigenvalue weighted by atomic mass is 32.1. The van der Waals surface area contributed by atoms with Crippen molar-refractivity contribution in [3.8, 4) is 0 Å². The fourth-order valence-corrected chi connectivity index (χ4v) is 4.52. The van der Waals surface area contributed by atoms with Crippen LogP contribution in [0.5, 0.6) is 0 Å². The molecule has 0 bridgehead atoms. The number of carbonyl (C=O) groups is 1. The highest BCUT2D eigenvalue weighted by Gasteiger charge is 2.33. The van der Waals surface area contributed by atoms with Gasteiger partial charge in [0, 0.05) is 24.8 Å². The minimum atomic E-state index is -0.268. The van der Waals surface area contributed by atoms with Gasteiger partial charge in [-0.1, -0.05) is 55.0 Å². The maximum Gasteiger partial charge on any atom is 0.275 e. The molecule has 0 radical (unpaired) electrons. The van der Waals surface area contributed by atoms with Crippen LogP contribution in [0.15, 0.2) is 41.2 Å². The summed E-state index contributed by atoms with van der Waals surface area (Å²) in [7, 11) is 0. The molecule has 3 heterocycles. The molecule has 146 valence electrons. The summed E-state index contributed by atoms with van der Waals surface area (Å²) in [5.74, 6) is -0.00686. The van der Waals surface area contributed by atoms with Crippen LogP contribution in [0.25, 0.3) is 4.96 Å². The van der Waals surface area contributed by atoms with Crippen molar-refractivity contribution in [3.63, 3.8) is 0 Å². The third-order valence-corrected chi connectivity index (χ3v) is 5.85. The molecule has 0 unspecified atom stereocenters.